The first kappa shape index (κ1) is 12.5. The van der Waals surface area contributed by atoms with E-state index in [2.05, 4.69) is 10.1 Å². The van der Waals surface area contributed by atoms with Crippen LogP contribution in [0.15, 0.2) is 17.5 Å². The predicted octanol–water partition coefficient (Wildman–Crippen LogP) is -0.588. The third kappa shape index (κ3) is 2.96. The van der Waals surface area contributed by atoms with Crippen LogP contribution < -0.4 is 5.73 Å². The number of aryl methyl sites for hydroxylation is 1. The van der Waals surface area contributed by atoms with Gasteiger partial charge >= 0.3 is 0 Å². The SMILES string of the molecule is CCS(=O)(=O)CCn1ccnc1C(N)=NO. The average molecular weight is 246 g/mol. The summed E-state index contributed by atoms with van der Waals surface area (Å²) in [5.41, 5.74) is 5.38. The number of imidazole rings is 1. The fourth-order valence-electron chi connectivity index (χ4n) is 1.15. The summed E-state index contributed by atoms with van der Waals surface area (Å²) in [4.78, 5) is 3.87. The van der Waals surface area contributed by atoms with E-state index >= 15 is 0 Å². The highest BCUT2D eigenvalue weighted by molar-refractivity contribution is 7.91. The number of rotatable bonds is 5. The van der Waals surface area contributed by atoms with Crippen molar-refractivity contribution in [2.24, 2.45) is 10.9 Å². The van der Waals surface area contributed by atoms with Crippen molar-refractivity contribution in [3.05, 3.63) is 18.2 Å². The van der Waals surface area contributed by atoms with Gasteiger partial charge in [-0.05, 0) is 0 Å². The van der Waals surface area contributed by atoms with E-state index in [9.17, 15) is 8.42 Å². The third-order valence-electron chi connectivity index (χ3n) is 2.14. The molecule has 0 radical (unpaired) electrons. The first-order valence-electron chi connectivity index (χ1n) is 4.69. The average Bonchev–Trinajstić information content (AvgIpc) is 2.73. The second kappa shape index (κ2) is 4.97. The van der Waals surface area contributed by atoms with Crippen molar-refractivity contribution >= 4 is 15.7 Å². The Kier molecular flexibility index (Phi) is 3.88. The quantitative estimate of drug-likeness (QED) is 0.312. The molecule has 90 valence electrons. The van der Waals surface area contributed by atoms with Gasteiger partial charge in [-0.3, -0.25) is 0 Å². The number of hydrogen-bond acceptors (Lipinski definition) is 5. The van der Waals surface area contributed by atoms with Gasteiger partial charge < -0.3 is 15.5 Å². The maximum absolute atomic E-state index is 11.3. The summed E-state index contributed by atoms with van der Waals surface area (Å²) in [6.07, 6.45) is 3.05. The molecule has 0 aliphatic rings. The van der Waals surface area contributed by atoms with Gasteiger partial charge in [-0.15, -0.1) is 0 Å². The van der Waals surface area contributed by atoms with E-state index in [1.807, 2.05) is 0 Å². The Labute approximate surface area is 93.5 Å². The molecule has 1 heterocycles. The van der Waals surface area contributed by atoms with Crippen molar-refractivity contribution in [2.75, 3.05) is 11.5 Å². The molecule has 0 spiro atoms. The van der Waals surface area contributed by atoms with Gasteiger partial charge in [0.25, 0.3) is 0 Å². The monoisotopic (exact) mass is 246 g/mol. The summed E-state index contributed by atoms with van der Waals surface area (Å²) >= 11 is 0. The molecule has 7 nitrogen and oxygen atoms in total. The number of nitrogens with zero attached hydrogens (tertiary/aromatic N) is 3. The molecule has 0 saturated heterocycles. The van der Waals surface area contributed by atoms with Crippen molar-refractivity contribution in [3.8, 4) is 0 Å². The lowest BCUT2D eigenvalue weighted by Gasteiger charge is -2.06. The molecule has 0 fully saturated rings. The minimum atomic E-state index is -3.04. The van der Waals surface area contributed by atoms with Crippen molar-refractivity contribution in [2.45, 2.75) is 13.5 Å². The lowest BCUT2D eigenvalue weighted by atomic mass is 10.5. The summed E-state index contributed by atoms with van der Waals surface area (Å²) in [5, 5.41) is 11.3. The van der Waals surface area contributed by atoms with Gasteiger partial charge in [0.15, 0.2) is 15.7 Å². The van der Waals surface area contributed by atoms with Gasteiger partial charge in [0.05, 0.1) is 5.75 Å². The van der Waals surface area contributed by atoms with Crippen LogP contribution in [0.4, 0.5) is 0 Å². The maximum atomic E-state index is 11.3. The number of amidine groups is 1. The molecule has 0 amide bonds. The molecule has 0 atom stereocenters. The summed E-state index contributed by atoms with van der Waals surface area (Å²) in [5.74, 6) is 0.222. The molecule has 0 aromatic carbocycles. The van der Waals surface area contributed by atoms with E-state index in [4.69, 9.17) is 10.9 Å². The molecular formula is C8H14N4O3S. The molecule has 3 N–H and O–H groups in total. The van der Waals surface area contributed by atoms with E-state index in [0.717, 1.165) is 0 Å². The van der Waals surface area contributed by atoms with Crippen LogP contribution in [0.3, 0.4) is 0 Å². The highest BCUT2D eigenvalue weighted by atomic mass is 32.2. The van der Waals surface area contributed by atoms with E-state index in [-0.39, 0.29) is 29.7 Å². The molecule has 0 bridgehead atoms. The summed E-state index contributed by atoms with van der Waals surface area (Å²) in [6.45, 7) is 1.83. The van der Waals surface area contributed by atoms with Gasteiger partial charge in [0.2, 0.25) is 5.84 Å². The lowest BCUT2D eigenvalue weighted by Crippen LogP contribution is -2.22. The minimum Gasteiger partial charge on any atom is -0.409 e. The Morgan fingerprint density at radius 3 is 2.94 bits per heavy atom. The molecule has 1 rings (SSSR count). The summed E-state index contributed by atoms with van der Waals surface area (Å²) < 4.78 is 24.1. The van der Waals surface area contributed by atoms with Gasteiger partial charge in [-0.1, -0.05) is 12.1 Å². The number of oxime groups is 1. The molecule has 0 aliphatic carbocycles. The third-order valence-corrected chi connectivity index (χ3v) is 3.82. The molecule has 1 aromatic heterocycles. The zero-order valence-corrected chi connectivity index (χ0v) is 9.68. The van der Waals surface area contributed by atoms with Gasteiger partial charge in [0.1, 0.15) is 0 Å². The Morgan fingerprint density at radius 2 is 2.38 bits per heavy atom. The molecule has 0 aliphatic heterocycles. The smallest absolute Gasteiger partial charge is 0.206 e. The fourth-order valence-corrected chi connectivity index (χ4v) is 1.91. The number of nitrogens with two attached hydrogens (primary N) is 1. The highest BCUT2D eigenvalue weighted by Gasteiger charge is 2.11. The molecule has 16 heavy (non-hydrogen) atoms. The first-order chi connectivity index (χ1) is 7.50. The Morgan fingerprint density at radius 1 is 1.69 bits per heavy atom. The zero-order chi connectivity index (χ0) is 12.2. The number of aromatic nitrogens is 2. The maximum Gasteiger partial charge on any atom is 0.206 e. The highest BCUT2D eigenvalue weighted by Crippen LogP contribution is 1.99. The molecule has 1 aromatic rings. The second-order valence-corrected chi connectivity index (χ2v) is 5.64. The predicted molar refractivity (Wildman–Crippen MR) is 59.1 cm³/mol. The normalized spacial score (nSPS) is 12.9. The van der Waals surface area contributed by atoms with Gasteiger partial charge in [-0.2, -0.15) is 0 Å². The largest absolute Gasteiger partial charge is 0.409 e. The first-order valence-corrected chi connectivity index (χ1v) is 6.51. The van der Waals surface area contributed by atoms with E-state index in [1.54, 1.807) is 13.1 Å². The van der Waals surface area contributed by atoms with Crippen LogP contribution in [0.25, 0.3) is 0 Å². The van der Waals surface area contributed by atoms with E-state index in [1.165, 1.54) is 10.8 Å². The van der Waals surface area contributed by atoms with Crippen LogP contribution in [0, 0.1) is 0 Å². The van der Waals surface area contributed by atoms with E-state index in [0.29, 0.717) is 0 Å². The Bertz CT molecular complexity index is 477. The molecular weight excluding hydrogens is 232 g/mol. The fraction of sp³-hybridized carbons (Fsp3) is 0.500. The van der Waals surface area contributed by atoms with Crippen molar-refractivity contribution in [1.29, 1.82) is 0 Å². The van der Waals surface area contributed by atoms with Crippen molar-refractivity contribution in [3.63, 3.8) is 0 Å². The van der Waals surface area contributed by atoms with Crippen LogP contribution in [0.2, 0.25) is 0 Å². The van der Waals surface area contributed by atoms with Crippen LogP contribution in [0.1, 0.15) is 12.7 Å². The van der Waals surface area contributed by atoms with Crippen LogP contribution in [-0.2, 0) is 16.4 Å². The van der Waals surface area contributed by atoms with E-state index < -0.39 is 9.84 Å². The van der Waals surface area contributed by atoms with Crippen molar-refractivity contribution in [1.82, 2.24) is 9.55 Å². The topological polar surface area (TPSA) is 111 Å². The zero-order valence-electron chi connectivity index (χ0n) is 8.87. The minimum absolute atomic E-state index is 0.00552. The van der Waals surface area contributed by atoms with Crippen LogP contribution in [-0.4, -0.2) is 40.5 Å². The standard InChI is InChI=1S/C8H14N4O3S/c1-2-16(14,15)6-5-12-4-3-10-8(12)7(9)11-13/h3-4,13H,2,5-6H2,1H3,(H2,9,11). The molecule has 0 saturated carbocycles. The number of hydrogen-bond donors (Lipinski definition) is 2. The molecule has 0 unspecified atom stereocenters. The summed E-state index contributed by atoms with van der Waals surface area (Å²) in [7, 11) is -3.04. The Hall–Kier alpha value is -1.57. The second-order valence-electron chi connectivity index (χ2n) is 3.17. The lowest BCUT2D eigenvalue weighted by molar-refractivity contribution is 0.318. The van der Waals surface area contributed by atoms with Crippen LogP contribution in [0.5, 0.6) is 0 Å². The Balaban J connectivity index is 2.80. The summed E-state index contributed by atoms with van der Waals surface area (Å²) in [6, 6.07) is 0. The van der Waals surface area contributed by atoms with Crippen LogP contribution >= 0.6 is 0 Å². The van der Waals surface area contributed by atoms with Gasteiger partial charge in [0, 0.05) is 24.7 Å². The van der Waals surface area contributed by atoms with Gasteiger partial charge in [-0.25, -0.2) is 13.4 Å². The number of sulfone groups is 1. The van der Waals surface area contributed by atoms with Crippen molar-refractivity contribution < 1.29 is 13.6 Å². The molecule has 8 heteroatoms.